The average molecular weight is 222 g/mol. The van der Waals surface area contributed by atoms with Crippen LogP contribution in [-0.2, 0) is 4.79 Å². The van der Waals surface area contributed by atoms with Crippen molar-refractivity contribution < 1.29 is 4.79 Å². The molecule has 0 spiro atoms. The van der Waals surface area contributed by atoms with E-state index in [-0.39, 0.29) is 5.91 Å². The van der Waals surface area contributed by atoms with E-state index in [1.54, 1.807) is 19.4 Å². The van der Waals surface area contributed by atoms with E-state index >= 15 is 0 Å². The molecule has 0 aromatic carbocycles. The Morgan fingerprint density at radius 3 is 2.56 bits per heavy atom. The van der Waals surface area contributed by atoms with E-state index in [0.29, 0.717) is 12.5 Å². The van der Waals surface area contributed by atoms with Crippen LogP contribution in [0.1, 0.15) is 18.9 Å². The number of nitrogens with one attached hydrogen (secondary N) is 1. The van der Waals surface area contributed by atoms with Crippen molar-refractivity contribution in [2.45, 2.75) is 20.3 Å². The van der Waals surface area contributed by atoms with Gasteiger partial charge in [-0.05, 0) is 18.9 Å². The van der Waals surface area contributed by atoms with Gasteiger partial charge < -0.3 is 10.2 Å². The van der Waals surface area contributed by atoms with E-state index < -0.39 is 0 Å². The van der Waals surface area contributed by atoms with Crippen LogP contribution in [0.5, 0.6) is 0 Å². The fraction of sp³-hybridized carbons (Fsp3) is 0.545. The number of aryl methyl sites for hydroxylation is 1. The van der Waals surface area contributed by atoms with E-state index in [0.717, 1.165) is 18.5 Å². The van der Waals surface area contributed by atoms with E-state index in [1.807, 2.05) is 11.8 Å². The van der Waals surface area contributed by atoms with Crippen molar-refractivity contribution in [1.29, 1.82) is 0 Å². The molecular weight excluding hydrogens is 204 g/mol. The molecule has 0 radical (unpaired) electrons. The fourth-order valence-electron chi connectivity index (χ4n) is 1.32. The fourth-order valence-corrected chi connectivity index (χ4v) is 1.32. The predicted molar refractivity (Wildman–Crippen MR) is 63.3 cm³/mol. The summed E-state index contributed by atoms with van der Waals surface area (Å²) in [6.45, 7) is 5.07. The Balaban J connectivity index is 2.76. The maximum Gasteiger partial charge on any atom is 0.239 e. The molecule has 1 N–H and O–H groups in total. The summed E-state index contributed by atoms with van der Waals surface area (Å²) in [5.41, 5.74) is 1.01. The van der Waals surface area contributed by atoms with Gasteiger partial charge in [0.2, 0.25) is 11.9 Å². The van der Waals surface area contributed by atoms with Gasteiger partial charge in [0.25, 0.3) is 0 Å². The smallest absolute Gasteiger partial charge is 0.239 e. The van der Waals surface area contributed by atoms with Gasteiger partial charge in [-0.25, -0.2) is 9.97 Å². The Morgan fingerprint density at radius 2 is 2.06 bits per heavy atom. The zero-order valence-electron chi connectivity index (χ0n) is 10.0. The minimum absolute atomic E-state index is 0.0300. The summed E-state index contributed by atoms with van der Waals surface area (Å²) < 4.78 is 0. The highest BCUT2D eigenvalue weighted by atomic mass is 16.1. The van der Waals surface area contributed by atoms with Crippen molar-refractivity contribution in [2.75, 3.05) is 25.0 Å². The lowest BCUT2D eigenvalue weighted by Gasteiger charge is -2.20. The number of carbonyl (C=O) groups excluding carboxylic acids is 1. The molecule has 0 unspecified atom stereocenters. The molecule has 1 rings (SSSR count). The molecule has 0 aliphatic rings. The van der Waals surface area contributed by atoms with Gasteiger partial charge in [-0.1, -0.05) is 6.92 Å². The maximum atomic E-state index is 11.3. The van der Waals surface area contributed by atoms with Gasteiger partial charge in [-0.15, -0.1) is 0 Å². The summed E-state index contributed by atoms with van der Waals surface area (Å²) in [7, 11) is 1.63. The zero-order chi connectivity index (χ0) is 12.0. The SMILES string of the molecule is CCCN(CC(=O)NC)c1ncc(C)cn1. The maximum absolute atomic E-state index is 11.3. The Bertz CT molecular complexity index is 336. The molecule has 0 bridgehead atoms. The quantitative estimate of drug-likeness (QED) is 0.798. The Labute approximate surface area is 95.9 Å². The first-order chi connectivity index (χ1) is 7.67. The van der Waals surface area contributed by atoms with Crippen LogP contribution in [0, 0.1) is 6.92 Å². The number of carbonyl (C=O) groups is 1. The summed E-state index contributed by atoms with van der Waals surface area (Å²) in [6.07, 6.45) is 4.47. The number of amides is 1. The van der Waals surface area contributed by atoms with Crippen LogP contribution in [0.25, 0.3) is 0 Å². The standard InChI is InChI=1S/C11H18N4O/c1-4-5-15(8-10(16)12-3)11-13-6-9(2)7-14-11/h6-7H,4-5,8H2,1-3H3,(H,12,16). The highest BCUT2D eigenvalue weighted by molar-refractivity contribution is 5.80. The Morgan fingerprint density at radius 1 is 1.44 bits per heavy atom. The molecule has 16 heavy (non-hydrogen) atoms. The van der Waals surface area contributed by atoms with Gasteiger partial charge in [0, 0.05) is 26.0 Å². The monoisotopic (exact) mass is 222 g/mol. The first-order valence-electron chi connectivity index (χ1n) is 5.41. The lowest BCUT2D eigenvalue weighted by molar-refractivity contribution is -0.119. The molecule has 5 nitrogen and oxygen atoms in total. The van der Waals surface area contributed by atoms with Crippen LogP contribution in [0.15, 0.2) is 12.4 Å². The second-order valence-corrected chi connectivity index (χ2v) is 3.66. The minimum Gasteiger partial charge on any atom is -0.358 e. The molecule has 1 aromatic rings. The Hall–Kier alpha value is -1.65. The average Bonchev–Trinajstić information content (AvgIpc) is 2.29. The molecule has 0 saturated carbocycles. The van der Waals surface area contributed by atoms with Crippen LogP contribution in [0.4, 0.5) is 5.95 Å². The van der Waals surface area contributed by atoms with E-state index in [1.165, 1.54) is 0 Å². The van der Waals surface area contributed by atoms with E-state index in [9.17, 15) is 4.79 Å². The third-order valence-corrected chi connectivity index (χ3v) is 2.16. The van der Waals surface area contributed by atoms with Crippen molar-refractivity contribution >= 4 is 11.9 Å². The van der Waals surface area contributed by atoms with Crippen molar-refractivity contribution in [3.8, 4) is 0 Å². The van der Waals surface area contributed by atoms with Gasteiger partial charge >= 0.3 is 0 Å². The second-order valence-electron chi connectivity index (χ2n) is 3.66. The number of likely N-dealkylation sites (N-methyl/N-ethyl adjacent to an activating group) is 1. The molecule has 0 atom stereocenters. The summed E-state index contributed by atoms with van der Waals surface area (Å²) in [5, 5.41) is 2.60. The molecule has 0 saturated heterocycles. The number of anilines is 1. The molecule has 5 heteroatoms. The van der Waals surface area contributed by atoms with Gasteiger partial charge in [0.05, 0.1) is 6.54 Å². The molecular formula is C11H18N4O. The van der Waals surface area contributed by atoms with Gasteiger partial charge in [0.15, 0.2) is 0 Å². The number of hydrogen-bond acceptors (Lipinski definition) is 4. The molecule has 1 aromatic heterocycles. The van der Waals surface area contributed by atoms with Crippen molar-refractivity contribution in [1.82, 2.24) is 15.3 Å². The Kier molecular flexibility index (Phi) is 4.69. The third kappa shape index (κ3) is 3.49. The van der Waals surface area contributed by atoms with Crippen LogP contribution in [0.3, 0.4) is 0 Å². The second kappa shape index (κ2) is 6.05. The van der Waals surface area contributed by atoms with E-state index in [2.05, 4.69) is 22.2 Å². The van der Waals surface area contributed by atoms with Gasteiger partial charge in [-0.3, -0.25) is 4.79 Å². The number of hydrogen-bond donors (Lipinski definition) is 1. The molecule has 88 valence electrons. The first kappa shape index (κ1) is 12.4. The molecule has 1 heterocycles. The third-order valence-electron chi connectivity index (χ3n) is 2.16. The van der Waals surface area contributed by atoms with Gasteiger partial charge in [0.1, 0.15) is 0 Å². The molecule has 0 aliphatic heterocycles. The summed E-state index contributed by atoms with van der Waals surface area (Å²) in [4.78, 5) is 21.6. The van der Waals surface area contributed by atoms with Crippen LogP contribution in [-0.4, -0.2) is 36.0 Å². The van der Waals surface area contributed by atoms with Crippen molar-refractivity contribution in [2.24, 2.45) is 0 Å². The highest BCUT2D eigenvalue weighted by Gasteiger charge is 2.11. The zero-order valence-corrected chi connectivity index (χ0v) is 10.0. The van der Waals surface area contributed by atoms with Crippen LogP contribution >= 0.6 is 0 Å². The number of nitrogens with zero attached hydrogens (tertiary/aromatic N) is 3. The minimum atomic E-state index is -0.0300. The van der Waals surface area contributed by atoms with Crippen molar-refractivity contribution in [3.05, 3.63) is 18.0 Å². The molecule has 0 aliphatic carbocycles. The largest absolute Gasteiger partial charge is 0.358 e. The van der Waals surface area contributed by atoms with Crippen LogP contribution in [0.2, 0.25) is 0 Å². The summed E-state index contributed by atoms with van der Waals surface area (Å²) >= 11 is 0. The summed E-state index contributed by atoms with van der Waals surface area (Å²) in [5.74, 6) is 0.577. The van der Waals surface area contributed by atoms with E-state index in [4.69, 9.17) is 0 Å². The molecule has 0 fully saturated rings. The highest BCUT2D eigenvalue weighted by Crippen LogP contribution is 2.06. The van der Waals surface area contributed by atoms with Gasteiger partial charge in [-0.2, -0.15) is 0 Å². The number of rotatable bonds is 5. The van der Waals surface area contributed by atoms with Crippen LogP contribution < -0.4 is 10.2 Å². The predicted octanol–water partition coefficient (Wildman–Crippen LogP) is 0.747. The lowest BCUT2D eigenvalue weighted by atomic mass is 10.4. The van der Waals surface area contributed by atoms with Crippen molar-refractivity contribution in [3.63, 3.8) is 0 Å². The normalized spacial score (nSPS) is 9.94. The molecule has 1 amide bonds. The lowest BCUT2D eigenvalue weighted by Crippen LogP contribution is -2.37. The first-order valence-corrected chi connectivity index (χ1v) is 5.41. The topological polar surface area (TPSA) is 58.1 Å². The summed E-state index contributed by atoms with van der Waals surface area (Å²) in [6, 6.07) is 0. The number of aromatic nitrogens is 2.